The number of hydrogen-bond acceptors (Lipinski definition) is 11. The summed E-state index contributed by atoms with van der Waals surface area (Å²) in [6.07, 6.45) is 6.05. The largest absolute Gasteiger partial charge is 0.467 e. The second-order valence-corrected chi connectivity index (χ2v) is 16.5. The second kappa shape index (κ2) is 19.2. The zero-order valence-electron chi connectivity index (χ0n) is 30.0. The van der Waals surface area contributed by atoms with Gasteiger partial charge in [-0.3, -0.25) is 19.2 Å². The zero-order valence-corrected chi connectivity index (χ0v) is 31.7. The first kappa shape index (κ1) is 39.9. The Morgan fingerprint density at radius 1 is 0.731 bits per heavy atom. The first-order chi connectivity index (χ1) is 25.2. The van der Waals surface area contributed by atoms with Crippen LogP contribution >= 0.6 is 23.5 Å². The fourth-order valence-corrected chi connectivity index (χ4v) is 10.6. The van der Waals surface area contributed by atoms with Gasteiger partial charge in [-0.15, -0.1) is 23.5 Å². The maximum absolute atomic E-state index is 14.1. The van der Waals surface area contributed by atoms with Crippen molar-refractivity contribution in [1.82, 2.24) is 20.4 Å². The second-order valence-electron chi connectivity index (χ2n) is 14.0. The highest BCUT2D eigenvalue weighted by molar-refractivity contribution is 8.00. The first-order valence-corrected chi connectivity index (χ1v) is 20.5. The van der Waals surface area contributed by atoms with Gasteiger partial charge in [0.25, 0.3) is 0 Å². The van der Waals surface area contributed by atoms with Crippen molar-refractivity contribution in [2.45, 2.75) is 112 Å². The average molecular weight is 761 g/mol. The molecule has 0 aromatic heterocycles. The summed E-state index contributed by atoms with van der Waals surface area (Å²) in [4.78, 5) is 84.0. The number of benzene rings is 1. The Morgan fingerprint density at radius 2 is 1.21 bits per heavy atom. The number of nitrogens with one attached hydrogen (secondary N) is 2. The summed E-state index contributed by atoms with van der Waals surface area (Å²) in [5.41, 5.74) is 0.924. The van der Waals surface area contributed by atoms with Gasteiger partial charge in [-0.25, -0.2) is 9.59 Å². The third-order valence-electron chi connectivity index (χ3n) is 10.7. The number of carbonyl (C=O) groups excluding carboxylic acids is 6. The summed E-state index contributed by atoms with van der Waals surface area (Å²) in [6, 6.07) is 6.50. The molecule has 0 aliphatic carbocycles. The number of nitrogens with zero attached hydrogens (tertiary/aromatic N) is 2. The smallest absolute Gasteiger partial charge is 0.328 e. The molecule has 0 unspecified atom stereocenters. The van der Waals surface area contributed by atoms with Crippen LogP contribution in [0, 0.1) is 11.8 Å². The SMILES string of the molecule is COC(=O)[C@@H]1CCC[C@@H]2SCC[C@H](NC(=O)[C@@H](CCO)CC[C@H](Cc3ccccc3)C(=O)N[C@H]3CCS[C@H]4CCC[C@@H](C(=O)OC)N4C3=O)C(=O)N21. The van der Waals surface area contributed by atoms with Gasteiger partial charge in [0.05, 0.1) is 25.0 Å². The number of esters is 2. The summed E-state index contributed by atoms with van der Waals surface area (Å²) in [7, 11) is 2.63. The molecule has 0 bridgehead atoms. The van der Waals surface area contributed by atoms with E-state index in [2.05, 4.69) is 10.6 Å². The number of rotatable bonds is 13. The van der Waals surface area contributed by atoms with Gasteiger partial charge < -0.3 is 35.0 Å². The third kappa shape index (κ3) is 9.62. The van der Waals surface area contributed by atoms with Crippen LogP contribution in [-0.4, -0.2) is 118 Å². The molecule has 3 N–H and O–H groups in total. The fourth-order valence-electron chi connectivity index (χ4n) is 7.87. The highest BCUT2D eigenvalue weighted by Gasteiger charge is 2.45. The number of methoxy groups -OCH3 is 2. The lowest BCUT2D eigenvalue weighted by Crippen LogP contribution is -2.58. The van der Waals surface area contributed by atoms with Crippen LogP contribution in [0.5, 0.6) is 0 Å². The Balaban J connectivity index is 1.28. The van der Waals surface area contributed by atoms with E-state index >= 15 is 0 Å². The summed E-state index contributed by atoms with van der Waals surface area (Å²) >= 11 is 3.22. The number of piperidine rings is 2. The van der Waals surface area contributed by atoms with Crippen LogP contribution in [0.2, 0.25) is 0 Å². The molecule has 0 saturated carbocycles. The molecule has 1 aromatic rings. The molecular formula is C37H52N4O9S2. The maximum Gasteiger partial charge on any atom is 0.328 e. The minimum absolute atomic E-state index is 0.141. The van der Waals surface area contributed by atoms with E-state index in [0.717, 1.165) is 31.2 Å². The van der Waals surface area contributed by atoms with Crippen molar-refractivity contribution in [3.05, 3.63) is 35.9 Å². The van der Waals surface area contributed by atoms with Crippen molar-refractivity contribution in [2.24, 2.45) is 11.8 Å². The van der Waals surface area contributed by atoms with Crippen LogP contribution in [0.4, 0.5) is 0 Å². The minimum Gasteiger partial charge on any atom is -0.467 e. The number of amides is 4. The standard InChI is InChI=1S/C37H52N4O9S2/c1-49-36(47)28-10-6-12-30-40(28)34(45)26(17-20-51-30)38-32(43)24(16-19-42)14-15-25(22-23-8-4-3-5-9-23)33(44)39-27-18-21-52-31-13-7-11-29(37(48)50-2)41(31)35(27)46/h3-5,8-9,24-31,42H,6-7,10-22H2,1-2H3,(H,38,43)(H,39,44)/t24-,25-,26+,27+,28+,29+,30+,31+/m1/s1. The van der Waals surface area contributed by atoms with Gasteiger partial charge in [0.2, 0.25) is 23.6 Å². The molecular weight excluding hydrogens is 709 g/mol. The molecule has 15 heteroatoms. The molecule has 4 fully saturated rings. The van der Waals surface area contributed by atoms with Crippen molar-refractivity contribution >= 4 is 59.1 Å². The Bertz CT molecular complexity index is 1430. The molecule has 8 atom stereocenters. The Kier molecular flexibility index (Phi) is 14.7. The van der Waals surface area contributed by atoms with Crippen LogP contribution in [0.15, 0.2) is 30.3 Å². The first-order valence-electron chi connectivity index (χ1n) is 18.5. The minimum atomic E-state index is -0.827. The monoisotopic (exact) mass is 760 g/mol. The van der Waals surface area contributed by atoms with E-state index in [0.29, 0.717) is 50.0 Å². The fraction of sp³-hybridized carbons (Fsp3) is 0.676. The maximum atomic E-state index is 14.1. The summed E-state index contributed by atoms with van der Waals surface area (Å²) < 4.78 is 10.0. The van der Waals surface area contributed by atoms with Crippen molar-refractivity contribution < 1.29 is 43.3 Å². The van der Waals surface area contributed by atoms with Crippen molar-refractivity contribution in [3.8, 4) is 0 Å². The average Bonchev–Trinajstić information content (AvgIpc) is 3.42. The lowest BCUT2D eigenvalue weighted by Gasteiger charge is -2.40. The van der Waals surface area contributed by atoms with Gasteiger partial charge in [-0.2, -0.15) is 0 Å². The lowest BCUT2D eigenvalue weighted by molar-refractivity contribution is -0.156. The van der Waals surface area contributed by atoms with Gasteiger partial charge in [0.15, 0.2) is 0 Å². The zero-order chi connectivity index (χ0) is 37.2. The van der Waals surface area contributed by atoms with E-state index in [-0.39, 0.29) is 53.8 Å². The van der Waals surface area contributed by atoms with Crippen molar-refractivity contribution in [3.63, 3.8) is 0 Å². The van der Waals surface area contributed by atoms with Crippen LogP contribution in [0.3, 0.4) is 0 Å². The molecule has 1 aromatic carbocycles. The van der Waals surface area contributed by atoms with E-state index in [9.17, 15) is 33.9 Å². The van der Waals surface area contributed by atoms with E-state index in [1.54, 1.807) is 33.3 Å². The highest BCUT2D eigenvalue weighted by atomic mass is 32.2. The molecule has 286 valence electrons. The lowest BCUT2D eigenvalue weighted by atomic mass is 9.88. The number of aliphatic hydroxyl groups is 1. The molecule has 4 aliphatic heterocycles. The van der Waals surface area contributed by atoms with Crippen LogP contribution in [-0.2, 0) is 44.7 Å². The number of carbonyl (C=O) groups is 6. The summed E-state index contributed by atoms with van der Waals surface area (Å²) in [6.45, 7) is -0.257. The van der Waals surface area contributed by atoms with Gasteiger partial charge >= 0.3 is 11.9 Å². The molecule has 52 heavy (non-hydrogen) atoms. The molecule has 0 spiro atoms. The van der Waals surface area contributed by atoms with Gasteiger partial charge in [-0.05, 0) is 94.1 Å². The predicted octanol–water partition coefficient (Wildman–Crippen LogP) is 2.63. The number of thioether (sulfide) groups is 2. The van der Waals surface area contributed by atoms with Crippen LogP contribution in [0.25, 0.3) is 0 Å². The molecule has 4 heterocycles. The topological polar surface area (TPSA) is 172 Å². The molecule has 13 nitrogen and oxygen atoms in total. The van der Waals surface area contributed by atoms with E-state index in [1.807, 2.05) is 30.3 Å². The van der Waals surface area contributed by atoms with E-state index in [4.69, 9.17) is 9.47 Å². The number of fused-ring (bicyclic) bond motifs is 2. The number of aliphatic hydroxyl groups excluding tert-OH is 1. The van der Waals surface area contributed by atoms with E-state index in [1.165, 1.54) is 14.2 Å². The van der Waals surface area contributed by atoms with Crippen molar-refractivity contribution in [1.29, 1.82) is 0 Å². The molecule has 4 aliphatic rings. The summed E-state index contributed by atoms with van der Waals surface area (Å²) in [5.74, 6) is -2.22. The predicted molar refractivity (Wildman–Crippen MR) is 197 cm³/mol. The number of hydrogen-bond donors (Lipinski definition) is 3. The quantitative estimate of drug-likeness (QED) is 0.253. The molecule has 5 rings (SSSR count). The van der Waals surface area contributed by atoms with E-state index < -0.39 is 47.9 Å². The normalized spacial score (nSPS) is 27.5. The van der Waals surface area contributed by atoms with Crippen LogP contribution < -0.4 is 10.6 Å². The molecule has 0 radical (unpaired) electrons. The molecule has 4 amide bonds. The van der Waals surface area contributed by atoms with Crippen LogP contribution in [0.1, 0.15) is 76.2 Å². The van der Waals surface area contributed by atoms with Crippen molar-refractivity contribution in [2.75, 3.05) is 32.3 Å². The highest BCUT2D eigenvalue weighted by Crippen LogP contribution is 2.36. The molecule has 4 saturated heterocycles. The Morgan fingerprint density at radius 3 is 1.69 bits per heavy atom. The van der Waals surface area contributed by atoms with Gasteiger partial charge in [-0.1, -0.05) is 30.3 Å². The number of ether oxygens (including phenoxy) is 2. The van der Waals surface area contributed by atoms with Gasteiger partial charge in [0.1, 0.15) is 24.2 Å². The van der Waals surface area contributed by atoms with Gasteiger partial charge in [0, 0.05) is 18.4 Å². The third-order valence-corrected chi connectivity index (χ3v) is 13.3. The Hall–Kier alpha value is -3.30. The summed E-state index contributed by atoms with van der Waals surface area (Å²) in [5, 5.41) is 15.6. The Labute approximate surface area is 314 Å².